The van der Waals surface area contributed by atoms with Crippen molar-refractivity contribution in [1.29, 1.82) is 0 Å². The van der Waals surface area contributed by atoms with Gasteiger partial charge >= 0.3 is 5.97 Å². The van der Waals surface area contributed by atoms with Crippen molar-refractivity contribution >= 4 is 5.97 Å². The highest BCUT2D eigenvalue weighted by molar-refractivity contribution is 5.93. The Morgan fingerprint density at radius 3 is 2.24 bits per heavy atom. The van der Waals surface area contributed by atoms with Gasteiger partial charge in [0.1, 0.15) is 6.10 Å². The number of hydrogen-bond donors (Lipinski definition) is 0. The summed E-state index contributed by atoms with van der Waals surface area (Å²) in [4.78, 5) is 11.1. The van der Waals surface area contributed by atoms with Crippen LogP contribution in [0.3, 0.4) is 0 Å². The van der Waals surface area contributed by atoms with E-state index in [1.165, 1.54) is 24.8 Å². The highest BCUT2D eigenvalue weighted by atomic mass is 16.5. The van der Waals surface area contributed by atoms with E-state index < -0.39 is 0 Å². The monoisotopic (exact) mass is 340 g/mol. The number of rotatable bonds is 0. The molecule has 0 saturated carbocycles. The largest absolute Gasteiger partial charge is 0.454 e. The molecule has 1 aliphatic heterocycles. The summed E-state index contributed by atoms with van der Waals surface area (Å²) >= 11 is 0. The maximum atomic E-state index is 11.1. The molecule has 0 aromatic heterocycles. The number of carbonyl (C=O) groups excluding carboxylic acids is 1. The number of ether oxygens (including phenoxy) is 1. The van der Waals surface area contributed by atoms with E-state index in [9.17, 15) is 4.79 Å². The van der Waals surface area contributed by atoms with Gasteiger partial charge in [-0.15, -0.1) is 0 Å². The molecule has 0 N–H and O–H groups in total. The number of fused-ring (bicyclic) bond motifs is 2. The van der Waals surface area contributed by atoms with Gasteiger partial charge < -0.3 is 4.74 Å². The van der Waals surface area contributed by atoms with Crippen LogP contribution >= 0.6 is 0 Å². The van der Waals surface area contributed by atoms with Crippen LogP contribution in [0.25, 0.3) is 0 Å². The van der Waals surface area contributed by atoms with E-state index in [2.05, 4.69) is 25.1 Å². The lowest BCUT2D eigenvalue weighted by Crippen LogP contribution is -1.93. The molecule has 1 aliphatic carbocycles. The third-order valence-electron chi connectivity index (χ3n) is 4.16. The van der Waals surface area contributed by atoms with Gasteiger partial charge in [-0.3, -0.25) is 0 Å². The lowest BCUT2D eigenvalue weighted by Gasteiger charge is -1.99. The fraction of sp³-hybridized carbons (Fsp3) is 0.435. The molecule has 1 heterocycles. The summed E-state index contributed by atoms with van der Waals surface area (Å²) in [5.74, 6) is -0.201. The van der Waals surface area contributed by atoms with Crippen molar-refractivity contribution in [2.24, 2.45) is 0 Å². The van der Waals surface area contributed by atoms with Crippen LogP contribution in [0.15, 0.2) is 42.5 Å². The number of carbonyl (C=O) groups is 1. The maximum absolute atomic E-state index is 11.1. The molecule has 0 saturated heterocycles. The lowest BCUT2D eigenvalue weighted by atomic mass is 10.1. The smallest absolute Gasteiger partial charge is 0.339 e. The predicted molar refractivity (Wildman–Crippen MR) is 106 cm³/mol. The quantitative estimate of drug-likeness (QED) is 0.515. The molecule has 25 heavy (non-hydrogen) atoms. The minimum Gasteiger partial charge on any atom is -0.454 e. The molecule has 2 nitrogen and oxygen atoms in total. The zero-order valence-electron chi connectivity index (χ0n) is 16.6. The van der Waals surface area contributed by atoms with Crippen LogP contribution in [0.1, 0.15) is 79.8 Å². The molecule has 0 radical (unpaired) electrons. The molecule has 4 rings (SSSR count). The van der Waals surface area contributed by atoms with Crippen LogP contribution in [0, 0.1) is 6.92 Å². The van der Waals surface area contributed by atoms with Crippen molar-refractivity contribution in [2.45, 2.75) is 66.9 Å². The molecular formula is C23H32O2. The number of aryl methyl sites for hydroxylation is 3. The second-order valence-corrected chi connectivity index (χ2v) is 5.76. The molecule has 0 spiro atoms. The summed E-state index contributed by atoms with van der Waals surface area (Å²) in [6, 6.07) is 14.3. The number of cyclic esters (lactones) is 1. The molecule has 0 fully saturated rings. The van der Waals surface area contributed by atoms with Gasteiger partial charge in [0.05, 0.1) is 5.56 Å². The molecule has 2 heteroatoms. The zero-order chi connectivity index (χ0) is 18.8. The third kappa shape index (κ3) is 5.45. The second kappa shape index (κ2) is 10.7. The minimum atomic E-state index is -0.201. The topological polar surface area (TPSA) is 26.3 Å². The Kier molecular flexibility index (Phi) is 8.98. The third-order valence-corrected chi connectivity index (χ3v) is 4.16. The molecule has 0 bridgehead atoms. The molecule has 0 amide bonds. The van der Waals surface area contributed by atoms with E-state index in [-0.39, 0.29) is 12.1 Å². The van der Waals surface area contributed by atoms with E-state index in [1.807, 2.05) is 52.8 Å². The maximum Gasteiger partial charge on any atom is 0.339 e. The highest BCUT2D eigenvalue weighted by Gasteiger charge is 2.26. The van der Waals surface area contributed by atoms with Crippen LogP contribution in [0.4, 0.5) is 0 Å². The number of esters is 1. The van der Waals surface area contributed by atoms with Crippen molar-refractivity contribution < 1.29 is 9.53 Å². The fourth-order valence-electron chi connectivity index (χ4n) is 3.03. The lowest BCUT2D eigenvalue weighted by molar-refractivity contribution is 0.0422. The van der Waals surface area contributed by atoms with Gasteiger partial charge in [0, 0.05) is 5.56 Å². The average molecular weight is 341 g/mol. The van der Waals surface area contributed by atoms with E-state index >= 15 is 0 Å². The zero-order valence-corrected chi connectivity index (χ0v) is 16.6. The Morgan fingerprint density at radius 1 is 0.920 bits per heavy atom. The Labute approximate surface area is 153 Å². The van der Waals surface area contributed by atoms with Gasteiger partial charge in [0.25, 0.3) is 0 Å². The van der Waals surface area contributed by atoms with Gasteiger partial charge in [-0.25, -0.2) is 4.79 Å². The summed E-state index contributed by atoms with van der Waals surface area (Å²) in [6.07, 6.45) is 3.89. The first-order chi connectivity index (χ1) is 12.1. The van der Waals surface area contributed by atoms with Crippen LogP contribution in [-0.2, 0) is 17.6 Å². The van der Waals surface area contributed by atoms with E-state index in [0.29, 0.717) is 5.56 Å². The van der Waals surface area contributed by atoms with E-state index in [0.717, 1.165) is 5.56 Å². The fourth-order valence-corrected chi connectivity index (χ4v) is 3.03. The summed E-state index contributed by atoms with van der Waals surface area (Å²) in [6.45, 7) is 12.0. The predicted octanol–water partition coefficient (Wildman–Crippen LogP) is 6.45. The van der Waals surface area contributed by atoms with Crippen LogP contribution in [0.2, 0.25) is 0 Å². The minimum absolute atomic E-state index is 0.0706. The van der Waals surface area contributed by atoms with E-state index in [4.69, 9.17) is 4.74 Å². The van der Waals surface area contributed by atoms with Gasteiger partial charge in [-0.2, -0.15) is 0 Å². The van der Waals surface area contributed by atoms with Crippen LogP contribution in [-0.4, -0.2) is 5.97 Å². The van der Waals surface area contributed by atoms with Gasteiger partial charge in [-0.05, 0) is 50.3 Å². The molecular weight excluding hydrogens is 308 g/mol. The van der Waals surface area contributed by atoms with Gasteiger partial charge in [-0.1, -0.05) is 69.7 Å². The number of hydrogen-bond acceptors (Lipinski definition) is 2. The first-order valence-electron chi connectivity index (χ1n) is 9.53. The SMILES string of the molecule is CC.CC.CC1OC(=O)c2ccccc21.Cc1ccc2c(c1)CCC2. The molecule has 2 aromatic carbocycles. The summed E-state index contributed by atoms with van der Waals surface area (Å²) in [7, 11) is 0. The van der Waals surface area contributed by atoms with Crippen LogP contribution < -0.4 is 0 Å². The number of benzene rings is 2. The molecule has 136 valence electrons. The van der Waals surface area contributed by atoms with Crippen molar-refractivity contribution in [3.8, 4) is 0 Å². The Morgan fingerprint density at radius 2 is 1.56 bits per heavy atom. The standard InChI is InChI=1S/C10H12.C9H8O2.2C2H6/c1-8-5-6-9-3-2-4-10(9)7-8;1-6-7-4-2-3-5-8(7)9(10)11-6;2*1-2/h5-7H,2-4H2,1H3;2-6H,1H3;2*1-2H3. The highest BCUT2D eigenvalue weighted by Crippen LogP contribution is 2.29. The molecule has 1 atom stereocenters. The van der Waals surface area contributed by atoms with Gasteiger partial charge in [0.15, 0.2) is 0 Å². The first kappa shape index (κ1) is 21.0. The van der Waals surface area contributed by atoms with Crippen LogP contribution in [0.5, 0.6) is 0 Å². The first-order valence-corrected chi connectivity index (χ1v) is 9.53. The van der Waals surface area contributed by atoms with Crippen molar-refractivity contribution in [3.63, 3.8) is 0 Å². The van der Waals surface area contributed by atoms with Crippen molar-refractivity contribution in [3.05, 3.63) is 70.3 Å². The summed E-state index contributed by atoms with van der Waals surface area (Å²) in [5.41, 5.74) is 6.27. The Balaban J connectivity index is 0.000000210. The second-order valence-electron chi connectivity index (χ2n) is 5.76. The van der Waals surface area contributed by atoms with Gasteiger partial charge in [0.2, 0.25) is 0 Å². The Hall–Kier alpha value is -2.09. The summed E-state index contributed by atoms with van der Waals surface area (Å²) in [5, 5.41) is 0. The summed E-state index contributed by atoms with van der Waals surface area (Å²) < 4.78 is 4.99. The normalized spacial score (nSPS) is 15.9. The molecule has 2 aliphatic rings. The van der Waals surface area contributed by atoms with Crippen molar-refractivity contribution in [2.75, 3.05) is 0 Å². The van der Waals surface area contributed by atoms with E-state index in [1.54, 1.807) is 17.2 Å². The molecule has 1 unspecified atom stereocenters. The Bertz CT molecular complexity index is 674. The van der Waals surface area contributed by atoms with Crippen molar-refractivity contribution in [1.82, 2.24) is 0 Å². The molecule has 2 aromatic rings. The average Bonchev–Trinajstić information content (AvgIpc) is 3.23.